The molecule has 1 aromatic heterocycles. The summed E-state index contributed by atoms with van der Waals surface area (Å²) in [5, 5.41) is 9.12. The molecular formula is C19H17F3N2O4. The largest absolute Gasteiger partial charge is 0.481 e. The Hall–Kier alpha value is -3.10. The molecule has 1 aliphatic heterocycles. The first-order valence-corrected chi connectivity index (χ1v) is 8.57. The minimum Gasteiger partial charge on any atom is -0.481 e. The second-order valence-electron chi connectivity index (χ2n) is 6.44. The van der Waals surface area contributed by atoms with Crippen LogP contribution in [0.4, 0.5) is 13.2 Å². The fraction of sp³-hybridized carbons (Fsp3) is 0.316. The lowest BCUT2D eigenvalue weighted by atomic mass is 9.97. The average molecular weight is 394 g/mol. The molecule has 0 spiro atoms. The SMILES string of the molecule is O=C(O)[C@H]1CCCN(C(=O)c2ccc(Oc3ccc(C(F)(F)F)cn3)cc2)C1. The van der Waals surface area contributed by atoms with Gasteiger partial charge in [0.1, 0.15) is 5.75 Å². The Labute approximate surface area is 158 Å². The van der Waals surface area contributed by atoms with Crippen molar-refractivity contribution >= 4 is 11.9 Å². The van der Waals surface area contributed by atoms with Crippen molar-refractivity contribution in [3.63, 3.8) is 0 Å². The van der Waals surface area contributed by atoms with E-state index < -0.39 is 23.6 Å². The van der Waals surface area contributed by atoms with Gasteiger partial charge >= 0.3 is 12.1 Å². The van der Waals surface area contributed by atoms with Crippen molar-refractivity contribution in [2.75, 3.05) is 13.1 Å². The van der Waals surface area contributed by atoms with Crippen molar-refractivity contribution in [2.24, 2.45) is 5.92 Å². The molecule has 0 unspecified atom stereocenters. The molecule has 1 N–H and O–H groups in total. The van der Waals surface area contributed by atoms with Crippen molar-refractivity contribution < 1.29 is 32.6 Å². The first-order valence-electron chi connectivity index (χ1n) is 8.57. The zero-order valence-electron chi connectivity index (χ0n) is 14.6. The second kappa shape index (κ2) is 7.87. The highest BCUT2D eigenvalue weighted by Gasteiger charge is 2.31. The number of rotatable bonds is 4. The van der Waals surface area contributed by atoms with Crippen LogP contribution in [0.2, 0.25) is 0 Å². The lowest BCUT2D eigenvalue weighted by Crippen LogP contribution is -2.42. The zero-order valence-corrected chi connectivity index (χ0v) is 14.6. The van der Waals surface area contributed by atoms with Crippen LogP contribution < -0.4 is 4.74 Å². The first-order chi connectivity index (χ1) is 13.2. The molecule has 1 aliphatic rings. The number of alkyl halides is 3. The van der Waals surface area contributed by atoms with Crippen LogP contribution in [0.3, 0.4) is 0 Å². The molecule has 148 valence electrons. The molecule has 9 heteroatoms. The van der Waals surface area contributed by atoms with Gasteiger partial charge in [0, 0.05) is 30.9 Å². The number of hydrogen-bond acceptors (Lipinski definition) is 4. The molecule has 1 aromatic carbocycles. The number of carboxylic acid groups (broad SMARTS) is 1. The number of carboxylic acids is 1. The van der Waals surface area contributed by atoms with Crippen LogP contribution in [0.25, 0.3) is 0 Å². The van der Waals surface area contributed by atoms with Crippen molar-refractivity contribution in [1.82, 2.24) is 9.88 Å². The van der Waals surface area contributed by atoms with Crippen LogP contribution >= 0.6 is 0 Å². The highest BCUT2D eigenvalue weighted by Crippen LogP contribution is 2.30. The van der Waals surface area contributed by atoms with E-state index in [1.54, 1.807) is 0 Å². The quantitative estimate of drug-likeness (QED) is 0.853. The molecule has 2 aromatic rings. The molecule has 1 atom stereocenters. The van der Waals surface area contributed by atoms with E-state index >= 15 is 0 Å². The third kappa shape index (κ3) is 4.59. The summed E-state index contributed by atoms with van der Waals surface area (Å²) in [7, 11) is 0. The van der Waals surface area contributed by atoms with Crippen LogP contribution in [0.15, 0.2) is 42.6 Å². The Morgan fingerprint density at radius 1 is 1.14 bits per heavy atom. The van der Waals surface area contributed by atoms with E-state index in [1.807, 2.05) is 0 Å². The van der Waals surface area contributed by atoms with Gasteiger partial charge in [-0.05, 0) is 43.2 Å². The topological polar surface area (TPSA) is 79.7 Å². The number of carbonyl (C=O) groups excluding carboxylic acids is 1. The fourth-order valence-electron chi connectivity index (χ4n) is 2.94. The Bertz CT molecular complexity index is 851. The number of carbonyl (C=O) groups is 2. The van der Waals surface area contributed by atoms with Gasteiger partial charge in [-0.3, -0.25) is 9.59 Å². The van der Waals surface area contributed by atoms with Gasteiger partial charge in [0.2, 0.25) is 5.88 Å². The molecule has 1 saturated heterocycles. The van der Waals surface area contributed by atoms with Crippen LogP contribution in [0.5, 0.6) is 11.6 Å². The maximum Gasteiger partial charge on any atom is 0.417 e. The third-order valence-corrected chi connectivity index (χ3v) is 4.45. The molecular weight excluding hydrogens is 377 g/mol. The van der Waals surface area contributed by atoms with E-state index in [4.69, 9.17) is 9.84 Å². The van der Waals surface area contributed by atoms with Crippen LogP contribution in [-0.2, 0) is 11.0 Å². The number of likely N-dealkylation sites (tertiary alicyclic amines) is 1. The molecule has 28 heavy (non-hydrogen) atoms. The standard InChI is InChI=1S/C19H17F3N2O4/c20-19(21,22)14-5-8-16(23-10-14)28-15-6-3-12(4-7-15)17(25)24-9-1-2-13(11-24)18(26)27/h3-8,10,13H,1-2,9,11H2,(H,26,27)/t13-/m0/s1. The number of ether oxygens (including phenoxy) is 1. The lowest BCUT2D eigenvalue weighted by molar-refractivity contribution is -0.143. The maximum atomic E-state index is 12.5. The maximum absolute atomic E-state index is 12.5. The van der Waals surface area contributed by atoms with Gasteiger partial charge in [-0.1, -0.05) is 0 Å². The molecule has 0 bridgehead atoms. The summed E-state index contributed by atoms with van der Waals surface area (Å²) >= 11 is 0. The van der Waals surface area contributed by atoms with Gasteiger partial charge in [-0.2, -0.15) is 13.2 Å². The summed E-state index contributed by atoms with van der Waals surface area (Å²) in [4.78, 5) is 28.8. The predicted octanol–water partition coefficient (Wildman–Crippen LogP) is 3.83. The Morgan fingerprint density at radius 3 is 2.43 bits per heavy atom. The number of halogens is 3. The molecule has 2 heterocycles. The van der Waals surface area contributed by atoms with Gasteiger partial charge in [0.25, 0.3) is 5.91 Å². The van der Waals surface area contributed by atoms with Crippen molar-refractivity contribution in [1.29, 1.82) is 0 Å². The first kappa shape index (κ1) is 19.7. The fourth-order valence-corrected chi connectivity index (χ4v) is 2.94. The summed E-state index contributed by atoms with van der Waals surface area (Å²) in [5.74, 6) is -1.44. The van der Waals surface area contributed by atoms with Crippen LogP contribution in [0.1, 0.15) is 28.8 Å². The molecule has 1 fully saturated rings. The van der Waals surface area contributed by atoms with E-state index in [1.165, 1.54) is 29.2 Å². The predicted molar refractivity (Wildman–Crippen MR) is 92.0 cm³/mol. The van der Waals surface area contributed by atoms with Crippen molar-refractivity contribution in [3.8, 4) is 11.6 Å². The summed E-state index contributed by atoms with van der Waals surface area (Å²) in [6.45, 7) is 0.665. The number of hydrogen-bond donors (Lipinski definition) is 1. The van der Waals surface area contributed by atoms with Gasteiger partial charge in [0.05, 0.1) is 11.5 Å². The van der Waals surface area contributed by atoms with E-state index in [0.29, 0.717) is 36.9 Å². The minimum atomic E-state index is -4.47. The number of piperidine rings is 1. The van der Waals surface area contributed by atoms with E-state index in [-0.39, 0.29) is 18.3 Å². The van der Waals surface area contributed by atoms with Gasteiger partial charge in [-0.15, -0.1) is 0 Å². The number of pyridine rings is 1. The summed E-state index contributed by atoms with van der Waals surface area (Å²) in [5.41, 5.74) is -0.499. The monoisotopic (exact) mass is 394 g/mol. The number of nitrogens with zero attached hydrogens (tertiary/aromatic N) is 2. The van der Waals surface area contributed by atoms with Gasteiger partial charge < -0.3 is 14.7 Å². The minimum absolute atomic E-state index is 0.00703. The Balaban J connectivity index is 1.64. The second-order valence-corrected chi connectivity index (χ2v) is 6.44. The summed E-state index contributed by atoms with van der Waals surface area (Å²) in [6, 6.07) is 8.03. The van der Waals surface area contributed by atoms with E-state index in [2.05, 4.69) is 4.98 Å². The lowest BCUT2D eigenvalue weighted by Gasteiger charge is -2.30. The van der Waals surface area contributed by atoms with Crippen LogP contribution in [0, 0.1) is 5.92 Å². The summed E-state index contributed by atoms with van der Waals surface area (Å²) in [6.07, 6.45) is -2.61. The summed E-state index contributed by atoms with van der Waals surface area (Å²) < 4.78 is 43.0. The number of benzene rings is 1. The zero-order chi connectivity index (χ0) is 20.3. The molecule has 0 radical (unpaired) electrons. The highest BCUT2D eigenvalue weighted by atomic mass is 19.4. The Morgan fingerprint density at radius 2 is 1.86 bits per heavy atom. The van der Waals surface area contributed by atoms with Gasteiger partial charge in [0.15, 0.2) is 0 Å². The van der Waals surface area contributed by atoms with E-state index in [0.717, 1.165) is 12.1 Å². The van der Waals surface area contributed by atoms with Crippen LogP contribution in [-0.4, -0.2) is 40.0 Å². The number of aliphatic carboxylic acids is 1. The Kier molecular flexibility index (Phi) is 5.53. The van der Waals surface area contributed by atoms with Crippen molar-refractivity contribution in [2.45, 2.75) is 19.0 Å². The third-order valence-electron chi connectivity index (χ3n) is 4.45. The molecule has 6 nitrogen and oxygen atoms in total. The van der Waals surface area contributed by atoms with Gasteiger partial charge in [-0.25, -0.2) is 4.98 Å². The molecule has 3 rings (SSSR count). The highest BCUT2D eigenvalue weighted by molar-refractivity contribution is 5.94. The number of amides is 1. The van der Waals surface area contributed by atoms with E-state index in [9.17, 15) is 22.8 Å². The molecule has 0 aliphatic carbocycles. The molecule has 1 amide bonds. The molecule has 0 saturated carbocycles. The normalized spacial score (nSPS) is 17.2. The number of aromatic nitrogens is 1. The average Bonchev–Trinajstić information content (AvgIpc) is 2.68. The smallest absolute Gasteiger partial charge is 0.417 e. The van der Waals surface area contributed by atoms with Crippen molar-refractivity contribution in [3.05, 3.63) is 53.7 Å².